The van der Waals surface area contributed by atoms with Crippen LogP contribution in [0.15, 0.2) is 146 Å². The number of hydrogen-bond acceptors (Lipinski definition) is 4. The normalized spacial score (nSPS) is 12.4. The Labute approximate surface area is 315 Å². The summed E-state index contributed by atoms with van der Waals surface area (Å²) in [4.78, 5) is 17.5. The van der Waals surface area contributed by atoms with Crippen molar-refractivity contribution in [2.75, 3.05) is 0 Å². The monoisotopic (exact) mass is 916 g/mol. The summed E-state index contributed by atoms with van der Waals surface area (Å²) in [6.07, 6.45) is 7.37. The number of hydrogen-bond donors (Lipinski definition) is 0. The van der Waals surface area contributed by atoms with Crippen molar-refractivity contribution >= 4 is 7.81 Å². The summed E-state index contributed by atoms with van der Waals surface area (Å²) in [5.41, 5.74) is 9.09. The zero-order chi connectivity index (χ0) is 37.8. The van der Waals surface area contributed by atoms with Gasteiger partial charge in [0, 0.05) is 35.9 Å². The molecule has 4 nitrogen and oxygen atoms in total. The fourth-order valence-electron chi connectivity index (χ4n) is 4.36. The second-order valence-electron chi connectivity index (χ2n) is 13.5. The molecule has 12 heteroatoms. The van der Waals surface area contributed by atoms with Crippen LogP contribution in [-0.2, 0) is 30.9 Å². The molecule has 0 N–H and O–H groups in total. The first-order chi connectivity index (χ1) is 23.6. The molecule has 52 heavy (non-hydrogen) atoms. The zero-order valence-corrected chi connectivity index (χ0v) is 33.0. The number of aromatic nitrogens is 4. The van der Waals surface area contributed by atoms with Crippen molar-refractivity contribution in [3.05, 3.63) is 157 Å². The van der Waals surface area contributed by atoms with Gasteiger partial charge in [0.2, 0.25) is 0 Å². The van der Waals surface area contributed by atoms with Gasteiger partial charge in [-0.15, -0.1) is 0 Å². The van der Waals surface area contributed by atoms with E-state index in [4.69, 9.17) is 0 Å². The van der Waals surface area contributed by atoms with Gasteiger partial charge in [0.15, 0.2) is 0 Å². The van der Waals surface area contributed by atoms with Crippen molar-refractivity contribution in [3.63, 3.8) is 0 Å². The molecule has 0 atom stereocenters. The zero-order valence-electron chi connectivity index (χ0n) is 29.7. The summed E-state index contributed by atoms with van der Waals surface area (Å²) < 4.78 is 59.2. The maximum absolute atomic E-state index is 10.7. The van der Waals surface area contributed by atoms with Gasteiger partial charge in [-0.2, -0.15) is 0 Å². The Hall–Kier alpha value is -4.30. The van der Waals surface area contributed by atoms with E-state index in [1.807, 2.05) is 97.6 Å². The molecule has 0 aliphatic heterocycles. The molecule has 0 saturated carbocycles. The number of pyridine rings is 4. The fourth-order valence-corrected chi connectivity index (χ4v) is 4.36. The molecule has 4 aromatic heterocycles. The number of benzene rings is 2. The van der Waals surface area contributed by atoms with E-state index in [0.29, 0.717) is 0 Å². The third kappa shape index (κ3) is 17.8. The van der Waals surface area contributed by atoms with E-state index in [0.717, 1.165) is 33.9 Å². The van der Waals surface area contributed by atoms with Gasteiger partial charge in [-0.1, -0.05) is 114 Å². The van der Waals surface area contributed by atoms with Crippen LogP contribution in [0.2, 0.25) is 0 Å². The molecule has 2 aromatic carbocycles. The third-order valence-corrected chi connectivity index (χ3v) is 6.98. The minimum Gasteiger partial charge on any atom is -0.256 e. The van der Waals surface area contributed by atoms with Crippen LogP contribution in [0, 0.1) is 0 Å². The molecule has 0 aliphatic rings. The van der Waals surface area contributed by atoms with Gasteiger partial charge in [-0.25, -0.2) is 0 Å². The largest absolute Gasteiger partial charge is 3.00 e. The van der Waals surface area contributed by atoms with Crippen molar-refractivity contribution in [1.29, 1.82) is 0 Å². The van der Waals surface area contributed by atoms with Gasteiger partial charge in [0.25, 0.3) is 0 Å². The summed E-state index contributed by atoms with van der Waals surface area (Å²) in [5.74, 6) is 0. The molecule has 0 spiro atoms. The summed E-state index contributed by atoms with van der Waals surface area (Å²) >= 11 is 0. The first-order valence-electron chi connectivity index (χ1n) is 16.0. The van der Waals surface area contributed by atoms with Gasteiger partial charge >= 0.3 is 53.1 Å². The second kappa shape index (κ2) is 17.5. The maximum atomic E-state index is 9.87. The van der Waals surface area contributed by atoms with Crippen LogP contribution in [0.1, 0.15) is 52.7 Å². The molecule has 0 fully saturated rings. The Morgan fingerprint density at radius 1 is 0.385 bits per heavy atom. The van der Waals surface area contributed by atoms with Crippen LogP contribution in [0.4, 0.5) is 25.2 Å². The standard InChI is InChI=1S/C18H24N2.2C11H9N.F6P.Ir/c1-17(2,3)13-7-9-19-15(11-13)16-12-14(8-10-20-16)18(4,5)6;2*1-2-6-10(7-3-1)11-8-4-5-9-12-11;1-7(2,3,4,5)6;/h7-12H,1-6H3;2*1-9H;;/q;;;-1;+3. The van der Waals surface area contributed by atoms with Crippen LogP contribution >= 0.6 is 7.81 Å². The molecule has 0 aliphatic carbocycles. The van der Waals surface area contributed by atoms with Crippen LogP contribution < -0.4 is 0 Å². The predicted octanol–water partition coefficient (Wildman–Crippen LogP) is 13.6. The Morgan fingerprint density at radius 3 is 0.942 bits per heavy atom. The molecule has 0 bridgehead atoms. The topological polar surface area (TPSA) is 51.6 Å². The van der Waals surface area contributed by atoms with Gasteiger partial charge in [0.1, 0.15) is 0 Å². The number of nitrogens with zero attached hydrogens (tertiary/aromatic N) is 4. The van der Waals surface area contributed by atoms with Gasteiger partial charge < -0.3 is 0 Å². The van der Waals surface area contributed by atoms with Crippen LogP contribution in [0.5, 0.6) is 0 Å². The molecule has 0 saturated heterocycles. The van der Waals surface area contributed by atoms with Crippen molar-refractivity contribution in [2.45, 2.75) is 52.4 Å². The number of halogens is 6. The fraction of sp³-hybridized carbons (Fsp3) is 0.200. The molecular formula is C40H42F6IrN4P+2. The van der Waals surface area contributed by atoms with E-state index in [1.54, 1.807) is 0 Å². The quantitative estimate of drug-likeness (QED) is 0.131. The summed E-state index contributed by atoms with van der Waals surface area (Å²) in [5, 5.41) is 0. The summed E-state index contributed by atoms with van der Waals surface area (Å²) in [6, 6.07) is 40.6. The third-order valence-electron chi connectivity index (χ3n) is 6.98. The molecule has 0 radical (unpaired) electrons. The van der Waals surface area contributed by atoms with Crippen LogP contribution in [-0.4, -0.2) is 19.9 Å². The SMILES string of the molecule is CC(C)(C)c1ccnc(-c2cc(C(C)(C)C)ccn2)c1.F[P-](F)(F)(F)(F)F.[Ir+3].c1ccc(-c2ccccn2)cc1.c1ccc(-c2ccccn2)cc1. The van der Waals surface area contributed by atoms with Gasteiger partial charge in [-0.3, -0.25) is 19.9 Å². The van der Waals surface area contributed by atoms with E-state index >= 15 is 0 Å². The van der Waals surface area contributed by atoms with Crippen molar-refractivity contribution < 1.29 is 45.3 Å². The molecule has 4 heterocycles. The predicted molar refractivity (Wildman–Crippen MR) is 198 cm³/mol. The number of rotatable bonds is 3. The first-order valence-corrected chi connectivity index (χ1v) is 18.0. The molecule has 0 unspecified atom stereocenters. The Balaban J connectivity index is 0.000000254. The van der Waals surface area contributed by atoms with Crippen molar-refractivity contribution in [3.8, 4) is 33.9 Å². The summed E-state index contributed by atoms with van der Waals surface area (Å²) in [7, 11) is -10.7. The average Bonchev–Trinajstić information content (AvgIpc) is 3.08. The van der Waals surface area contributed by atoms with Crippen LogP contribution in [0.25, 0.3) is 33.9 Å². The molecule has 6 rings (SSSR count). The van der Waals surface area contributed by atoms with Crippen LogP contribution in [0.3, 0.4) is 0 Å². The smallest absolute Gasteiger partial charge is 0.256 e. The van der Waals surface area contributed by atoms with Gasteiger partial charge in [0.05, 0.1) is 22.8 Å². The van der Waals surface area contributed by atoms with E-state index in [-0.39, 0.29) is 30.9 Å². The molecule has 0 amide bonds. The molecule has 276 valence electrons. The molecular weight excluding hydrogens is 874 g/mol. The Morgan fingerprint density at radius 2 is 0.673 bits per heavy atom. The first kappa shape index (κ1) is 43.9. The maximum Gasteiger partial charge on any atom is 3.00 e. The Bertz CT molecular complexity index is 1720. The minimum atomic E-state index is -10.7. The van der Waals surface area contributed by atoms with E-state index in [9.17, 15) is 25.2 Å². The average molecular weight is 916 g/mol. The Kier molecular flexibility index (Phi) is 14.7. The van der Waals surface area contributed by atoms with Gasteiger partial charge in [-0.05, 0) is 70.5 Å². The summed E-state index contributed by atoms with van der Waals surface area (Å²) in [6.45, 7) is 13.3. The van der Waals surface area contributed by atoms with Crippen molar-refractivity contribution in [2.24, 2.45) is 0 Å². The second-order valence-corrected chi connectivity index (χ2v) is 15.4. The molecule has 6 aromatic rings. The van der Waals surface area contributed by atoms with E-state index in [1.165, 1.54) is 11.1 Å². The van der Waals surface area contributed by atoms with E-state index in [2.05, 4.69) is 110 Å². The minimum absolute atomic E-state index is 0. The van der Waals surface area contributed by atoms with Crippen molar-refractivity contribution in [1.82, 2.24) is 19.9 Å². The van der Waals surface area contributed by atoms with E-state index < -0.39 is 7.81 Å².